The van der Waals surface area contributed by atoms with Gasteiger partial charge in [0.25, 0.3) is 5.91 Å². The van der Waals surface area contributed by atoms with E-state index in [0.29, 0.717) is 55.4 Å². The van der Waals surface area contributed by atoms with Crippen molar-refractivity contribution in [1.29, 1.82) is 0 Å². The summed E-state index contributed by atoms with van der Waals surface area (Å²) in [4.78, 5) is 29.6. The van der Waals surface area contributed by atoms with Crippen molar-refractivity contribution in [2.45, 2.75) is 89.9 Å². The molecule has 0 aliphatic rings. The van der Waals surface area contributed by atoms with Crippen LogP contribution in [0.2, 0.25) is 25.7 Å². The molecule has 0 saturated heterocycles. The number of aryl methyl sites for hydroxylation is 2. The van der Waals surface area contributed by atoms with Crippen LogP contribution in [0.5, 0.6) is 0 Å². The lowest BCUT2D eigenvalue weighted by Gasteiger charge is -2.19. The zero-order valence-electron chi connectivity index (χ0n) is 25.0. The molecule has 3 aromatic heterocycles. The lowest BCUT2D eigenvalue weighted by molar-refractivity contribution is -0.118. The van der Waals surface area contributed by atoms with Crippen LogP contribution in [-0.4, -0.2) is 61.9 Å². The van der Waals surface area contributed by atoms with Crippen LogP contribution < -0.4 is 10.6 Å². The van der Waals surface area contributed by atoms with Crippen LogP contribution >= 0.6 is 23.2 Å². The first kappa shape index (κ1) is 33.7. The number of amides is 2. The molecule has 1 unspecified atom stereocenters. The number of anilines is 1. The van der Waals surface area contributed by atoms with Crippen molar-refractivity contribution < 1.29 is 18.7 Å². The Morgan fingerprint density at radius 2 is 1.86 bits per heavy atom. The first-order valence-electron chi connectivity index (χ1n) is 14.0. The maximum atomic E-state index is 15.2. The van der Waals surface area contributed by atoms with Crippen molar-refractivity contribution in [1.82, 2.24) is 29.9 Å². The van der Waals surface area contributed by atoms with Gasteiger partial charge in [-0.05, 0) is 64.3 Å². The van der Waals surface area contributed by atoms with E-state index in [-0.39, 0.29) is 12.1 Å². The van der Waals surface area contributed by atoms with Crippen LogP contribution in [0, 0.1) is 19.8 Å². The van der Waals surface area contributed by atoms with E-state index >= 15 is 4.39 Å². The van der Waals surface area contributed by atoms with Gasteiger partial charge in [-0.3, -0.25) is 14.3 Å². The number of nitrogens with zero attached hydrogens (tertiary/aromatic N) is 5. The third kappa shape index (κ3) is 9.35. The predicted octanol–water partition coefficient (Wildman–Crippen LogP) is 5.94. The Balaban J connectivity index is 1.73. The van der Waals surface area contributed by atoms with E-state index in [1.165, 1.54) is 16.9 Å². The van der Waals surface area contributed by atoms with E-state index in [1.807, 2.05) is 20.8 Å². The highest BCUT2D eigenvalue weighted by molar-refractivity contribution is 6.76. The van der Waals surface area contributed by atoms with Gasteiger partial charge in [-0.15, -0.1) is 23.2 Å². The van der Waals surface area contributed by atoms with E-state index in [1.54, 1.807) is 16.8 Å². The van der Waals surface area contributed by atoms with Crippen LogP contribution in [0.3, 0.4) is 0 Å². The quantitative estimate of drug-likeness (QED) is 0.0920. The number of pyridine rings is 1. The van der Waals surface area contributed by atoms with Gasteiger partial charge in [0.1, 0.15) is 23.3 Å². The zero-order chi connectivity index (χ0) is 31.0. The van der Waals surface area contributed by atoms with Gasteiger partial charge < -0.3 is 15.4 Å². The van der Waals surface area contributed by atoms with Gasteiger partial charge in [0, 0.05) is 38.7 Å². The van der Waals surface area contributed by atoms with Crippen LogP contribution in [0.25, 0.3) is 11.3 Å². The second-order valence-corrected chi connectivity index (χ2v) is 18.2. The molecular formula is C28H40Cl2FN7O3Si. The Morgan fingerprint density at radius 1 is 1.12 bits per heavy atom. The maximum absolute atomic E-state index is 15.2. The van der Waals surface area contributed by atoms with Crippen molar-refractivity contribution >= 4 is 48.8 Å². The number of aromatic nitrogens is 5. The Labute approximate surface area is 257 Å². The molecule has 0 saturated carbocycles. The number of alkyl halides is 2. The summed E-state index contributed by atoms with van der Waals surface area (Å²) in [7, 11) is -1.21. The summed E-state index contributed by atoms with van der Waals surface area (Å²) >= 11 is 11.7. The highest BCUT2D eigenvalue weighted by Gasteiger charge is 2.25. The largest absolute Gasteiger partial charge is 0.360 e. The molecule has 0 radical (unpaired) electrons. The molecule has 0 aliphatic heterocycles. The fraction of sp³-hybridized carbons (Fsp3) is 0.536. The fourth-order valence-corrected chi connectivity index (χ4v) is 5.43. The van der Waals surface area contributed by atoms with Crippen LogP contribution in [0.1, 0.15) is 48.1 Å². The minimum absolute atomic E-state index is 0.105. The number of hydrogen-bond donors (Lipinski definition) is 2. The molecule has 2 amide bonds. The van der Waals surface area contributed by atoms with Gasteiger partial charge in [0.05, 0.1) is 17.1 Å². The maximum Gasteiger partial charge on any atom is 0.270 e. The van der Waals surface area contributed by atoms with Crippen molar-refractivity contribution in [2.24, 2.45) is 0 Å². The van der Waals surface area contributed by atoms with Gasteiger partial charge in [0.15, 0.2) is 0 Å². The average Bonchev–Trinajstić information content (AvgIpc) is 3.50. The number of rotatable bonds is 15. The molecule has 3 rings (SSSR count). The molecule has 1 atom stereocenters. The zero-order valence-corrected chi connectivity index (χ0v) is 27.5. The van der Waals surface area contributed by atoms with E-state index < -0.39 is 36.7 Å². The second-order valence-electron chi connectivity index (χ2n) is 11.3. The first-order chi connectivity index (χ1) is 19.8. The van der Waals surface area contributed by atoms with Crippen molar-refractivity contribution in [3.63, 3.8) is 0 Å². The van der Waals surface area contributed by atoms with Gasteiger partial charge in [-0.2, -0.15) is 14.6 Å². The van der Waals surface area contributed by atoms with E-state index in [2.05, 4.69) is 45.5 Å². The molecule has 2 N–H and O–H groups in total. The second kappa shape index (κ2) is 15.1. The normalized spacial score (nSPS) is 12.5. The number of ether oxygens (including phenoxy) is 1. The molecule has 42 heavy (non-hydrogen) atoms. The topological polar surface area (TPSA) is 116 Å². The van der Waals surface area contributed by atoms with Crippen LogP contribution in [0.4, 0.5) is 10.1 Å². The summed E-state index contributed by atoms with van der Waals surface area (Å²) in [6.45, 7) is 13.9. The van der Waals surface area contributed by atoms with E-state index in [4.69, 9.17) is 27.9 Å². The monoisotopic (exact) mass is 639 g/mol. The summed E-state index contributed by atoms with van der Waals surface area (Å²) in [5.74, 6) is -1.91. The van der Waals surface area contributed by atoms with Crippen molar-refractivity contribution in [3.05, 3.63) is 47.4 Å². The summed E-state index contributed by atoms with van der Waals surface area (Å²) in [6, 6.07) is 4.73. The molecule has 0 bridgehead atoms. The predicted molar refractivity (Wildman–Crippen MR) is 166 cm³/mol. The summed E-state index contributed by atoms with van der Waals surface area (Å²) in [6.07, 6.45) is 2.65. The molecule has 10 nitrogen and oxygen atoms in total. The summed E-state index contributed by atoms with van der Waals surface area (Å²) < 4.78 is 24.3. The minimum atomic E-state index is -1.21. The SMILES string of the molecule is CCn1nccc1C(=O)NC(CCCC(Cl)Cl)C(=O)Nc1ccc(-c2c(C)nn(COCC[Si](C)(C)C)c2C)nc1F. The van der Waals surface area contributed by atoms with Gasteiger partial charge in [0.2, 0.25) is 11.9 Å². The number of hydrogen-bond acceptors (Lipinski definition) is 6. The lowest BCUT2D eigenvalue weighted by Crippen LogP contribution is -2.44. The molecule has 0 aromatic carbocycles. The number of carbonyl (C=O) groups is 2. The number of carbonyl (C=O) groups excluding carboxylic acids is 2. The average molecular weight is 641 g/mol. The fourth-order valence-electron chi connectivity index (χ4n) is 4.36. The third-order valence-corrected chi connectivity index (χ3v) is 8.88. The third-order valence-electron chi connectivity index (χ3n) is 6.74. The first-order valence-corrected chi connectivity index (χ1v) is 18.6. The molecule has 3 heterocycles. The Morgan fingerprint density at radius 3 is 2.50 bits per heavy atom. The Bertz CT molecular complexity index is 1370. The summed E-state index contributed by atoms with van der Waals surface area (Å²) in [5, 5.41) is 13.9. The van der Waals surface area contributed by atoms with Crippen molar-refractivity contribution in [2.75, 3.05) is 11.9 Å². The molecule has 0 fully saturated rings. The van der Waals surface area contributed by atoms with Crippen LogP contribution in [0.15, 0.2) is 24.4 Å². The molecule has 14 heteroatoms. The van der Waals surface area contributed by atoms with Gasteiger partial charge >= 0.3 is 0 Å². The highest BCUT2D eigenvalue weighted by atomic mass is 35.5. The minimum Gasteiger partial charge on any atom is -0.360 e. The standard InChI is InChI=1S/C28H40Cl2FN7O3Si/c1-7-37-23(13-14-32-37)28(40)35-22(9-8-10-24(29)30)27(39)34-21-12-11-20(33-26(21)31)25-18(2)36-38(19(25)3)17-41-15-16-42(4,5)6/h11-14,22,24H,7-10,15-17H2,1-6H3,(H,34,39)(H,35,40). The number of nitrogens with one attached hydrogen (secondary N) is 2. The highest BCUT2D eigenvalue weighted by Crippen LogP contribution is 2.27. The molecule has 0 aliphatic carbocycles. The smallest absolute Gasteiger partial charge is 0.270 e. The van der Waals surface area contributed by atoms with Crippen molar-refractivity contribution in [3.8, 4) is 11.3 Å². The van der Waals surface area contributed by atoms with Gasteiger partial charge in [-0.25, -0.2) is 9.67 Å². The Hall–Kier alpha value is -2.80. The molecule has 3 aromatic rings. The Kier molecular flexibility index (Phi) is 12.1. The van der Waals surface area contributed by atoms with Crippen LogP contribution in [-0.2, 0) is 22.8 Å². The molecule has 230 valence electrons. The molecule has 0 spiro atoms. The number of halogens is 3. The molecular weight excluding hydrogens is 600 g/mol. The van der Waals surface area contributed by atoms with E-state index in [9.17, 15) is 9.59 Å². The lowest BCUT2D eigenvalue weighted by atomic mass is 10.1. The van der Waals surface area contributed by atoms with E-state index in [0.717, 1.165) is 11.7 Å². The van der Waals surface area contributed by atoms with Gasteiger partial charge in [-0.1, -0.05) is 19.6 Å². The summed E-state index contributed by atoms with van der Waals surface area (Å²) in [5.41, 5.74) is 2.79.